The molecule has 2 aromatic carbocycles. The molecular formula is C27H23N4NaO7S2. The predicted molar refractivity (Wildman–Crippen MR) is 146 cm³/mol. The van der Waals surface area contributed by atoms with Crippen LogP contribution in [-0.4, -0.2) is 42.4 Å². The van der Waals surface area contributed by atoms with Crippen LogP contribution in [0.25, 0.3) is 16.7 Å². The Hall–Kier alpha value is -3.33. The number of hydrogen-bond donors (Lipinski definition) is 0. The molecule has 0 saturated carbocycles. The summed E-state index contributed by atoms with van der Waals surface area (Å²) < 4.78 is 33.1. The average Bonchev–Trinajstić information content (AvgIpc) is 3.62. The van der Waals surface area contributed by atoms with E-state index in [9.17, 15) is 14.1 Å². The third-order valence-electron chi connectivity index (χ3n) is 5.84. The molecule has 0 aliphatic carbocycles. The maximum Gasteiger partial charge on any atom is 1.00 e. The van der Waals surface area contributed by atoms with Gasteiger partial charge in [0.1, 0.15) is 18.1 Å². The van der Waals surface area contributed by atoms with Gasteiger partial charge in [-0.1, -0.05) is 4.33 Å². The van der Waals surface area contributed by atoms with Crippen molar-refractivity contribution < 1.29 is 62.4 Å². The van der Waals surface area contributed by atoms with Crippen LogP contribution < -0.4 is 49.0 Å². The minimum absolute atomic E-state index is 0. The van der Waals surface area contributed by atoms with Crippen molar-refractivity contribution in [2.24, 2.45) is 0 Å². The molecule has 3 heterocycles. The van der Waals surface area contributed by atoms with Crippen molar-refractivity contribution in [3.05, 3.63) is 90.5 Å². The molecule has 5 rings (SSSR count). The fraction of sp³-hybridized carbons (Fsp3) is 0.148. The van der Waals surface area contributed by atoms with E-state index in [1.165, 1.54) is 12.1 Å². The van der Waals surface area contributed by atoms with Gasteiger partial charge in [0.2, 0.25) is 5.16 Å². The van der Waals surface area contributed by atoms with Crippen molar-refractivity contribution in [3.63, 3.8) is 0 Å². The summed E-state index contributed by atoms with van der Waals surface area (Å²) in [5.74, 6) is 0.132. The Balaban J connectivity index is 0.00000387. The smallest absolute Gasteiger partial charge is 0.546 e. The normalized spacial score (nSPS) is 11.6. The quantitative estimate of drug-likeness (QED) is 0.0857. The largest absolute Gasteiger partial charge is 1.00 e. The van der Waals surface area contributed by atoms with Crippen LogP contribution in [0, 0.1) is 6.92 Å². The van der Waals surface area contributed by atoms with Gasteiger partial charge in [-0.3, -0.25) is 9.19 Å². The van der Waals surface area contributed by atoms with Crippen LogP contribution in [0.1, 0.15) is 11.3 Å². The number of carbonyl (C=O) groups is 1. The van der Waals surface area contributed by atoms with E-state index >= 15 is 0 Å². The van der Waals surface area contributed by atoms with Gasteiger partial charge in [-0.05, 0) is 67.6 Å². The second-order valence-corrected chi connectivity index (χ2v) is 10.4. The summed E-state index contributed by atoms with van der Waals surface area (Å²) in [5.41, 5.74) is 3.63. The summed E-state index contributed by atoms with van der Waals surface area (Å²) in [6, 6.07) is 17.5. The molecule has 5 aromatic rings. The number of fused-ring (bicyclic) bond motifs is 1. The Bertz CT molecular complexity index is 1660. The second-order valence-electron chi connectivity index (χ2n) is 8.38. The summed E-state index contributed by atoms with van der Waals surface area (Å²) in [4.78, 5) is 25.0. The van der Waals surface area contributed by atoms with Gasteiger partial charge in [0.25, 0.3) is 0 Å². The van der Waals surface area contributed by atoms with E-state index in [2.05, 4.69) is 9.97 Å². The molecule has 0 saturated heterocycles. The monoisotopic (exact) mass is 602 g/mol. The molecule has 0 amide bonds. The first-order chi connectivity index (χ1) is 19.4. The van der Waals surface area contributed by atoms with Crippen molar-refractivity contribution in [3.8, 4) is 22.9 Å². The van der Waals surface area contributed by atoms with E-state index in [1.807, 2.05) is 54.2 Å². The van der Waals surface area contributed by atoms with Crippen molar-refractivity contribution in [1.29, 1.82) is 0 Å². The van der Waals surface area contributed by atoms with Crippen LogP contribution in [-0.2, 0) is 25.7 Å². The first kappa shape index (κ1) is 30.6. The van der Waals surface area contributed by atoms with Gasteiger partial charge in [0.15, 0.2) is 18.0 Å². The first-order valence-electron chi connectivity index (χ1n) is 11.9. The predicted octanol–water partition coefficient (Wildman–Crippen LogP) is 0.401. The van der Waals surface area contributed by atoms with E-state index in [0.717, 1.165) is 23.5 Å². The number of benzene rings is 2. The van der Waals surface area contributed by atoms with Crippen molar-refractivity contribution >= 4 is 40.0 Å². The van der Waals surface area contributed by atoms with Crippen LogP contribution >= 0.6 is 12.2 Å². The number of methoxy groups -OCH3 is 1. The van der Waals surface area contributed by atoms with Gasteiger partial charge in [0.05, 0.1) is 46.4 Å². The Morgan fingerprint density at radius 1 is 1.07 bits per heavy atom. The standard InChI is InChI=1S/C27H24N4O7S2.Na/c1-18-23(28-12-11-25(18)35-2)17-40(34)27-29-22-15-19(30-13-3-4-14-30)5-10-24(22)31(27)39-38-37-21-8-6-20(7-9-21)36-16-26(32)33;/h3-15H,16-17H2,1-2H3,(H,32,33);/q;+1/p-1. The van der Waals surface area contributed by atoms with Gasteiger partial charge < -0.3 is 28.8 Å². The molecule has 206 valence electrons. The Labute approximate surface area is 264 Å². The number of ether oxygens (including phenoxy) is 2. The minimum atomic E-state index is -1.60. The summed E-state index contributed by atoms with van der Waals surface area (Å²) in [7, 11) is -0.0225. The third kappa shape index (κ3) is 7.31. The number of carboxylic acid groups (broad SMARTS) is 1. The van der Waals surface area contributed by atoms with E-state index in [4.69, 9.17) is 18.7 Å². The van der Waals surface area contributed by atoms with Crippen molar-refractivity contribution in [1.82, 2.24) is 18.5 Å². The molecule has 14 heteroatoms. The van der Waals surface area contributed by atoms with Gasteiger partial charge in [-0.15, -0.1) is 0 Å². The molecule has 1 atom stereocenters. The molecular weight excluding hydrogens is 579 g/mol. The van der Waals surface area contributed by atoms with Crippen molar-refractivity contribution in [2.45, 2.75) is 17.8 Å². The number of rotatable bonds is 12. The van der Waals surface area contributed by atoms with Crippen LogP contribution in [0.4, 0.5) is 0 Å². The molecule has 0 N–H and O–H groups in total. The van der Waals surface area contributed by atoms with Crippen LogP contribution in [0.5, 0.6) is 17.2 Å². The van der Waals surface area contributed by atoms with Gasteiger partial charge in [-0.2, -0.15) is 0 Å². The summed E-state index contributed by atoms with van der Waals surface area (Å²) in [5, 5.41) is 10.8. The van der Waals surface area contributed by atoms with E-state index in [-0.39, 0.29) is 40.5 Å². The molecule has 0 radical (unpaired) electrons. The van der Waals surface area contributed by atoms with E-state index in [0.29, 0.717) is 34.0 Å². The maximum absolute atomic E-state index is 13.6. The molecule has 3 aromatic heterocycles. The fourth-order valence-corrected chi connectivity index (χ4v) is 5.84. The first-order valence-corrected chi connectivity index (χ1v) is 13.9. The number of carbonyl (C=O) groups excluding carboxylic acids is 1. The molecule has 0 aliphatic rings. The van der Waals surface area contributed by atoms with Crippen LogP contribution in [0.15, 0.2) is 84.4 Å². The fourth-order valence-electron chi connectivity index (χ4n) is 3.84. The molecule has 11 nitrogen and oxygen atoms in total. The number of pyridine rings is 1. The van der Waals surface area contributed by atoms with Crippen LogP contribution in [0.2, 0.25) is 0 Å². The van der Waals surface area contributed by atoms with Gasteiger partial charge in [0, 0.05) is 29.8 Å². The van der Waals surface area contributed by atoms with Crippen molar-refractivity contribution in [2.75, 3.05) is 13.7 Å². The third-order valence-corrected chi connectivity index (χ3v) is 7.82. The summed E-state index contributed by atoms with van der Waals surface area (Å²) in [6.45, 7) is 1.31. The zero-order valence-corrected chi connectivity index (χ0v) is 26.0. The van der Waals surface area contributed by atoms with Gasteiger partial charge in [-0.25, -0.2) is 8.96 Å². The molecule has 1 unspecified atom stereocenters. The number of imidazole rings is 1. The van der Waals surface area contributed by atoms with E-state index in [1.54, 1.807) is 35.5 Å². The SMILES string of the molecule is COc1ccnc(CS(=O)c2nc3cc(-n4cccc4)ccc3n2SOOc2ccc(OCC(=O)[O-])cc2)c1C.[Na+]. The Morgan fingerprint density at radius 3 is 2.51 bits per heavy atom. The molecule has 0 spiro atoms. The zero-order chi connectivity index (χ0) is 28.1. The molecule has 41 heavy (non-hydrogen) atoms. The molecule has 0 aliphatic heterocycles. The zero-order valence-electron chi connectivity index (χ0n) is 22.4. The molecule has 0 bridgehead atoms. The minimum Gasteiger partial charge on any atom is -0.546 e. The summed E-state index contributed by atoms with van der Waals surface area (Å²) >= 11 is 0.820. The molecule has 0 fully saturated rings. The van der Waals surface area contributed by atoms with Gasteiger partial charge >= 0.3 is 29.6 Å². The van der Waals surface area contributed by atoms with Crippen LogP contribution in [0.3, 0.4) is 0 Å². The average molecular weight is 603 g/mol. The number of carboxylic acids is 1. The number of hydrogen-bond acceptors (Lipinski definition) is 10. The Morgan fingerprint density at radius 2 is 1.80 bits per heavy atom. The number of aromatic nitrogens is 4. The topological polar surface area (TPSA) is 130 Å². The van der Waals surface area contributed by atoms with E-state index < -0.39 is 23.4 Å². The summed E-state index contributed by atoms with van der Waals surface area (Å²) in [6.07, 6.45) is 5.47. The Kier molecular flexibility index (Phi) is 10.5. The number of nitrogens with zero attached hydrogens (tertiary/aromatic N) is 4. The number of aliphatic carboxylic acids is 1. The second kappa shape index (κ2) is 14.0. The maximum atomic E-state index is 13.6.